The number of carboxylic acid groups (broad SMARTS) is 1. The minimum Gasteiger partial charge on any atom is -0.478 e. The zero-order chi connectivity index (χ0) is 22.5. The topological polar surface area (TPSA) is 204 Å². The van der Waals surface area contributed by atoms with Gasteiger partial charge in [-0.25, -0.2) is 14.2 Å². The van der Waals surface area contributed by atoms with Gasteiger partial charge in [-0.3, -0.25) is 13.6 Å². The molecule has 8 atom stereocenters. The van der Waals surface area contributed by atoms with Gasteiger partial charge in [-0.15, -0.1) is 0 Å². The zero-order valence-corrected chi connectivity index (χ0v) is 16.9. The monoisotopic (exact) mass is 459 g/mol. The summed E-state index contributed by atoms with van der Waals surface area (Å²) < 4.78 is 28.4. The highest BCUT2D eigenvalue weighted by Crippen LogP contribution is 2.58. The van der Waals surface area contributed by atoms with E-state index in [2.05, 4.69) is 4.98 Å². The van der Waals surface area contributed by atoms with Crippen LogP contribution in [0.4, 0.5) is 5.82 Å². The molecule has 5 unspecified atom stereocenters. The zero-order valence-electron chi connectivity index (χ0n) is 16.1. The SMILES string of the molecule is Nc1ccn([C@@H]2O[C@H](COP(=O)(O)OCC3C4C=C(C(=O)O)CC43)[C@H](O)C2O)c(=O)n1. The van der Waals surface area contributed by atoms with E-state index in [9.17, 15) is 29.3 Å². The van der Waals surface area contributed by atoms with Crippen molar-refractivity contribution in [2.24, 2.45) is 17.8 Å². The number of fused-ring (bicyclic) bond motifs is 1. The second-order valence-corrected chi connectivity index (χ2v) is 9.21. The third-order valence-corrected chi connectivity index (χ3v) is 6.77. The first-order chi connectivity index (χ1) is 14.6. The van der Waals surface area contributed by atoms with E-state index < -0.39 is 50.6 Å². The van der Waals surface area contributed by atoms with Gasteiger partial charge in [-0.2, -0.15) is 4.98 Å². The molecule has 2 fully saturated rings. The molecule has 31 heavy (non-hydrogen) atoms. The fourth-order valence-corrected chi connectivity index (χ4v) is 4.83. The molecule has 13 nitrogen and oxygen atoms in total. The Kier molecular flexibility index (Phi) is 5.77. The van der Waals surface area contributed by atoms with E-state index in [0.29, 0.717) is 12.0 Å². The normalized spacial score (nSPS) is 36.0. The number of phosphoric acid groups is 1. The third-order valence-electron chi connectivity index (χ3n) is 5.82. The second-order valence-electron chi connectivity index (χ2n) is 7.75. The number of ether oxygens (including phenoxy) is 1. The largest absolute Gasteiger partial charge is 0.478 e. The maximum atomic E-state index is 12.1. The van der Waals surface area contributed by atoms with Gasteiger partial charge in [-0.1, -0.05) is 6.08 Å². The first-order valence-corrected chi connectivity index (χ1v) is 11.0. The molecular weight excluding hydrogens is 437 g/mol. The first kappa shape index (κ1) is 22.1. The fraction of sp³-hybridized carbons (Fsp3) is 0.588. The predicted molar refractivity (Wildman–Crippen MR) is 101 cm³/mol. The van der Waals surface area contributed by atoms with E-state index in [1.807, 2.05) is 0 Å². The molecule has 14 heteroatoms. The number of nitrogens with zero attached hydrogens (tertiary/aromatic N) is 2. The highest BCUT2D eigenvalue weighted by molar-refractivity contribution is 7.47. The van der Waals surface area contributed by atoms with Crippen LogP contribution in [0.1, 0.15) is 12.6 Å². The summed E-state index contributed by atoms with van der Waals surface area (Å²) in [7, 11) is -4.49. The Morgan fingerprint density at radius 1 is 1.32 bits per heavy atom. The van der Waals surface area contributed by atoms with Crippen molar-refractivity contribution in [1.82, 2.24) is 9.55 Å². The molecule has 1 aromatic heterocycles. The summed E-state index contributed by atoms with van der Waals surface area (Å²) in [5.74, 6) is -0.961. The van der Waals surface area contributed by atoms with E-state index in [1.165, 1.54) is 12.3 Å². The Morgan fingerprint density at radius 3 is 2.65 bits per heavy atom. The van der Waals surface area contributed by atoms with Crippen molar-refractivity contribution >= 4 is 19.6 Å². The van der Waals surface area contributed by atoms with Crippen molar-refractivity contribution in [2.75, 3.05) is 18.9 Å². The molecule has 0 bridgehead atoms. The molecule has 6 N–H and O–H groups in total. The highest BCUT2D eigenvalue weighted by atomic mass is 31.2. The summed E-state index contributed by atoms with van der Waals surface area (Å²) in [5, 5.41) is 29.3. The Morgan fingerprint density at radius 2 is 2.03 bits per heavy atom. The second kappa shape index (κ2) is 8.10. The Bertz CT molecular complexity index is 1010. The first-order valence-electron chi connectivity index (χ1n) is 9.49. The minimum absolute atomic E-state index is 0.00817. The number of carbonyl (C=O) groups is 1. The molecule has 0 spiro atoms. The van der Waals surface area contributed by atoms with Gasteiger partial charge in [0.25, 0.3) is 0 Å². The molecule has 3 aliphatic rings. The number of anilines is 1. The van der Waals surface area contributed by atoms with Crippen LogP contribution in [0.5, 0.6) is 0 Å². The van der Waals surface area contributed by atoms with Crippen LogP contribution in [-0.4, -0.2) is 67.3 Å². The molecular formula is C17H22N3O10P. The number of aliphatic hydroxyl groups is 2. The summed E-state index contributed by atoms with van der Waals surface area (Å²) in [6, 6.07) is 1.31. The number of hydrogen-bond acceptors (Lipinski definition) is 10. The standard InChI is InChI=1S/C17H22N3O10P/c18-12-1-2-20(17(25)19-12)15-14(22)13(21)11(30-15)6-29-31(26,27)28-5-10-8-3-7(16(23)24)4-9(8)10/h1-3,8-11,13-15,21-22H,4-6H2,(H,23,24)(H,26,27)(H2,18,19,25)/t8?,9?,10?,11-,13+,14?,15-/m1/s1. The quantitative estimate of drug-likeness (QED) is 0.293. The van der Waals surface area contributed by atoms with E-state index in [4.69, 9.17) is 24.6 Å². The van der Waals surface area contributed by atoms with Gasteiger partial charge < -0.3 is 30.7 Å². The molecule has 2 heterocycles. The maximum absolute atomic E-state index is 12.1. The number of aliphatic carboxylic acids is 1. The average molecular weight is 459 g/mol. The van der Waals surface area contributed by atoms with Crippen molar-refractivity contribution in [3.8, 4) is 0 Å². The number of rotatable bonds is 8. The van der Waals surface area contributed by atoms with Crippen LogP contribution in [0.2, 0.25) is 0 Å². The van der Waals surface area contributed by atoms with Gasteiger partial charge in [0.05, 0.1) is 13.2 Å². The summed E-state index contributed by atoms with van der Waals surface area (Å²) >= 11 is 0. The number of carboxylic acids is 1. The molecule has 1 aliphatic heterocycles. The molecule has 0 aromatic carbocycles. The van der Waals surface area contributed by atoms with Gasteiger partial charge in [0, 0.05) is 11.8 Å². The molecule has 4 rings (SSSR count). The Hall–Kier alpha value is -2.12. The maximum Gasteiger partial charge on any atom is 0.472 e. The number of nitrogens with two attached hydrogens (primary N) is 1. The lowest BCUT2D eigenvalue weighted by Gasteiger charge is -2.18. The van der Waals surface area contributed by atoms with Crippen molar-refractivity contribution in [1.29, 1.82) is 0 Å². The Balaban J connectivity index is 1.29. The summed E-state index contributed by atoms with van der Waals surface area (Å²) in [4.78, 5) is 36.2. The lowest BCUT2D eigenvalue weighted by atomic mass is 10.1. The minimum atomic E-state index is -4.49. The van der Waals surface area contributed by atoms with Crippen LogP contribution >= 0.6 is 7.82 Å². The van der Waals surface area contributed by atoms with Crippen LogP contribution < -0.4 is 11.4 Å². The van der Waals surface area contributed by atoms with E-state index in [-0.39, 0.29) is 30.2 Å². The molecule has 170 valence electrons. The van der Waals surface area contributed by atoms with Crippen LogP contribution in [0.25, 0.3) is 0 Å². The van der Waals surface area contributed by atoms with Crippen molar-refractivity contribution in [2.45, 2.75) is 31.0 Å². The lowest BCUT2D eigenvalue weighted by molar-refractivity contribution is -0.132. The summed E-state index contributed by atoms with van der Waals surface area (Å²) in [5.41, 5.74) is 4.95. The van der Waals surface area contributed by atoms with Crippen LogP contribution in [0.15, 0.2) is 28.7 Å². The molecule has 1 aromatic rings. The smallest absolute Gasteiger partial charge is 0.472 e. The van der Waals surface area contributed by atoms with E-state index >= 15 is 0 Å². The van der Waals surface area contributed by atoms with Crippen LogP contribution in [0, 0.1) is 17.8 Å². The number of aromatic nitrogens is 2. The molecule has 1 saturated carbocycles. The number of aliphatic hydroxyl groups excluding tert-OH is 2. The van der Waals surface area contributed by atoms with Crippen molar-refractivity contribution in [3.63, 3.8) is 0 Å². The summed E-state index contributed by atoms with van der Waals surface area (Å²) in [6.45, 7) is -0.668. The average Bonchev–Trinajstić information content (AvgIpc) is 3.01. The Labute approximate surface area is 175 Å². The van der Waals surface area contributed by atoms with Gasteiger partial charge in [0.1, 0.15) is 24.1 Å². The number of allylic oxidation sites excluding steroid dienone is 1. The van der Waals surface area contributed by atoms with Crippen LogP contribution in [0.3, 0.4) is 0 Å². The molecule has 0 radical (unpaired) electrons. The van der Waals surface area contributed by atoms with E-state index in [0.717, 1.165) is 4.57 Å². The highest BCUT2D eigenvalue weighted by Gasteiger charge is 2.54. The number of nitrogen functional groups attached to an aromatic ring is 1. The van der Waals surface area contributed by atoms with Gasteiger partial charge in [0.2, 0.25) is 0 Å². The van der Waals surface area contributed by atoms with E-state index in [1.54, 1.807) is 6.08 Å². The number of hydrogen-bond donors (Lipinski definition) is 5. The molecule has 1 saturated heterocycles. The number of phosphoric ester groups is 1. The third kappa shape index (κ3) is 4.44. The van der Waals surface area contributed by atoms with Gasteiger partial charge in [0.15, 0.2) is 6.23 Å². The van der Waals surface area contributed by atoms with Gasteiger partial charge >= 0.3 is 19.5 Å². The fourth-order valence-electron chi connectivity index (χ4n) is 4.06. The summed E-state index contributed by atoms with van der Waals surface area (Å²) in [6.07, 6.45) is -2.24. The predicted octanol–water partition coefficient (Wildman–Crippen LogP) is -1.14. The molecule has 0 amide bonds. The lowest BCUT2D eigenvalue weighted by Crippen LogP contribution is -2.36. The van der Waals surface area contributed by atoms with Crippen molar-refractivity contribution in [3.05, 3.63) is 34.4 Å². The van der Waals surface area contributed by atoms with Gasteiger partial charge in [-0.05, 0) is 30.2 Å². The van der Waals surface area contributed by atoms with Crippen molar-refractivity contribution < 1.29 is 43.4 Å². The van der Waals surface area contributed by atoms with Crippen LogP contribution in [-0.2, 0) is 23.1 Å². The molecule has 2 aliphatic carbocycles.